The maximum atomic E-state index is 12.6. The Bertz CT molecular complexity index is 1000. The van der Waals surface area contributed by atoms with E-state index in [9.17, 15) is 9.59 Å². The van der Waals surface area contributed by atoms with Crippen LogP contribution in [0.4, 0.5) is 4.79 Å². The molecule has 136 valence electrons. The first-order valence-corrected chi connectivity index (χ1v) is 8.97. The fourth-order valence-corrected chi connectivity index (χ4v) is 3.30. The SMILES string of the molecule is O=C1NC[C@@H](C(=O)NC(c2ccc(Cl)cc2)c2ccc3ccccc3c2)O1. The van der Waals surface area contributed by atoms with Gasteiger partial charge in [-0.05, 0) is 40.1 Å². The number of ether oxygens (including phenoxy) is 1. The van der Waals surface area contributed by atoms with E-state index in [2.05, 4.69) is 10.6 Å². The Balaban J connectivity index is 1.69. The number of halogens is 1. The van der Waals surface area contributed by atoms with E-state index >= 15 is 0 Å². The second-order valence-electron chi connectivity index (χ2n) is 6.37. The number of rotatable bonds is 4. The number of cyclic esters (lactones) is 1. The van der Waals surface area contributed by atoms with Gasteiger partial charge in [0, 0.05) is 5.02 Å². The summed E-state index contributed by atoms with van der Waals surface area (Å²) in [6, 6.07) is 21.0. The van der Waals surface area contributed by atoms with Crippen molar-refractivity contribution in [1.82, 2.24) is 10.6 Å². The molecule has 3 aromatic carbocycles. The molecule has 5 nitrogen and oxygen atoms in total. The maximum absolute atomic E-state index is 12.6. The lowest BCUT2D eigenvalue weighted by Gasteiger charge is -2.22. The van der Waals surface area contributed by atoms with E-state index in [4.69, 9.17) is 16.3 Å². The highest BCUT2D eigenvalue weighted by atomic mass is 35.5. The highest BCUT2D eigenvalue weighted by molar-refractivity contribution is 6.30. The molecule has 0 radical (unpaired) electrons. The number of carbonyl (C=O) groups is 2. The largest absolute Gasteiger partial charge is 0.434 e. The van der Waals surface area contributed by atoms with Crippen LogP contribution in [-0.2, 0) is 9.53 Å². The van der Waals surface area contributed by atoms with Crippen molar-refractivity contribution in [3.8, 4) is 0 Å². The van der Waals surface area contributed by atoms with Gasteiger partial charge >= 0.3 is 6.09 Å². The Kier molecular flexibility index (Phi) is 4.69. The molecule has 0 saturated carbocycles. The van der Waals surface area contributed by atoms with E-state index in [-0.39, 0.29) is 12.5 Å². The number of alkyl carbamates (subject to hydrolysis) is 1. The summed E-state index contributed by atoms with van der Waals surface area (Å²) >= 11 is 6.01. The topological polar surface area (TPSA) is 67.4 Å². The van der Waals surface area contributed by atoms with Crippen molar-refractivity contribution in [2.75, 3.05) is 6.54 Å². The number of hydrogen-bond donors (Lipinski definition) is 2. The van der Waals surface area contributed by atoms with Crippen LogP contribution in [0.15, 0.2) is 66.7 Å². The quantitative estimate of drug-likeness (QED) is 0.723. The van der Waals surface area contributed by atoms with E-state index in [1.807, 2.05) is 54.6 Å². The predicted octanol–water partition coefficient (Wildman–Crippen LogP) is 3.81. The lowest BCUT2D eigenvalue weighted by molar-refractivity contribution is -0.128. The van der Waals surface area contributed by atoms with Gasteiger partial charge in [0.05, 0.1) is 12.6 Å². The Morgan fingerprint density at radius 3 is 2.44 bits per heavy atom. The first kappa shape index (κ1) is 17.4. The fraction of sp³-hybridized carbons (Fsp3) is 0.143. The first-order valence-electron chi connectivity index (χ1n) is 8.59. The van der Waals surface area contributed by atoms with E-state index in [0.717, 1.165) is 21.9 Å². The molecule has 27 heavy (non-hydrogen) atoms. The molecule has 2 amide bonds. The van der Waals surface area contributed by atoms with Crippen LogP contribution >= 0.6 is 11.6 Å². The van der Waals surface area contributed by atoms with Crippen LogP contribution in [0.5, 0.6) is 0 Å². The molecule has 1 aliphatic rings. The Morgan fingerprint density at radius 2 is 1.74 bits per heavy atom. The summed E-state index contributed by atoms with van der Waals surface area (Å²) in [5.41, 5.74) is 1.82. The van der Waals surface area contributed by atoms with Gasteiger partial charge in [-0.3, -0.25) is 4.79 Å². The summed E-state index contributed by atoms with van der Waals surface area (Å²) < 4.78 is 5.00. The van der Waals surface area contributed by atoms with Gasteiger partial charge in [0.2, 0.25) is 0 Å². The van der Waals surface area contributed by atoms with Crippen molar-refractivity contribution < 1.29 is 14.3 Å². The summed E-state index contributed by atoms with van der Waals surface area (Å²) in [4.78, 5) is 23.9. The zero-order valence-electron chi connectivity index (χ0n) is 14.3. The van der Waals surface area contributed by atoms with Gasteiger partial charge < -0.3 is 15.4 Å². The smallest absolute Gasteiger partial charge is 0.408 e. The van der Waals surface area contributed by atoms with Gasteiger partial charge in [-0.15, -0.1) is 0 Å². The van der Waals surface area contributed by atoms with Gasteiger partial charge in [-0.2, -0.15) is 0 Å². The molecule has 2 N–H and O–H groups in total. The van der Waals surface area contributed by atoms with E-state index in [1.54, 1.807) is 12.1 Å². The Hall–Kier alpha value is -3.05. The lowest BCUT2D eigenvalue weighted by Crippen LogP contribution is -2.39. The maximum Gasteiger partial charge on any atom is 0.408 e. The third-order valence-electron chi connectivity index (χ3n) is 4.57. The van der Waals surface area contributed by atoms with Crippen LogP contribution in [-0.4, -0.2) is 24.6 Å². The van der Waals surface area contributed by atoms with Crippen molar-refractivity contribution in [2.24, 2.45) is 0 Å². The highest BCUT2D eigenvalue weighted by Gasteiger charge is 2.31. The van der Waals surface area contributed by atoms with E-state index in [1.165, 1.54) is 0 Å². The third kappa shape index (κ3) is 3.73. The van der Waals surface area contributed by atoms with Gasteiger partial charge in [-0.1, -0.05) is 60.1 Å². The van der Waals surface area contributed by atoms with Crippen LogP contribution in [0, 0.1) is 0 Å². The van der Waals surface area contributed by atoms with E-state index < -0.39 is 18.2 Å². The fourth-order valence-electron chi connectivity index (χ4n) is 3.17. The average molecular weight is 381 g/mol. The molecule has 6 heteroatoms. The van der Waals surface area contributed by atoms with Crippen molar-refractivity contribution >= 4 is 34.4 Å². The molecule has 0 aromatic heterocycles. The molecule has 1 aliphatic heterocycles. The lowest BCUT2D eigenvalue weighted by atomic mass is 9.96. The molecule has 1 heterocycles. The van der Waals surface area contributed by atoms with Crippen LogP contribution in [0.2, 0.25) is 5.02 Å². The minimum Gasteiger partial charge on any atom is -0.434 e. The minimum absolute atomic E-state index is 0.162. The molecule has 0 aliphatic carbocycles. The van der Waals surface area contributed by atoms with Gasteiger partial charge in [0.1, 0.15) is 0 Å². The number of hydrogen-bond acceptors (Lipinski definition) is 3. The van der Waals surface area contributed by atoms with Gasteiger partial charge in [0.15, 0.2) is 6.10 Å². The Morgan fingerprint density at radius 1 is 1.04 bits per heavy atom. The first-order chi connectivity index (χ1) is 13.1. The number of nitrogens with one attached hydrogen (secondary N) is 2. The molecule has 1 unspecified atom stereocenters. The molecule has 0 bridgehead atoms. The number of fused-ring (bicyclic) bond motifs is 1. The normalized spacial score (nSPS) is 17.2. The number of carbonyl (C=O) groups excluding carboxylic acids is 2. The average Bonchev–Trinajstić information content (AvgIpc) is 3.13. The van der Waals surface area contributed by atoms with Gasteiger partial charge in [-0.25, -0.2) is 4.79 Å². The second kappa shape index (κ2) is 7.29. The van der Waals surface area contributed by atoms with Crippen molar-refractivity contribution in [3.63, 3.8) is 0 Å². The van der Waals surface area contributed by atoms with Crippen molar-refractivity contribution in [3.05, 3.63) is 82.9 Å². The molecule has 1 fully saturated rings. The summed E-state index contributed by atoms with van der Waals surface area (Å²) in [7, 11) is 0. The highest BCUT2D eigenvalue weighted by Crippen LogP contribution is 2.27. The van der Waals surface area contributed by atoms with E-state index in [0.29, 0.717) is 5.02 Å². The molecular weight excluding hydrogens is 364 g/mol. The van der Waals surface area contributed by atoms with Crippen molar-refractivity contribution in [2.45, 2.75) is 12.1 Å². The predicted molar refractivity (Wildman–Crippen MR) is 104 cm³/mol. The van der Waals surface area contributed by atoms with Crippen LogP contribution < -0.4 is 10.6 Å². The standard InChI is InChI=1S/C21H17ClN2O3/c22-17-9-7-14(8-10-17)19(24-20(25)18-12-23-21(26)27-18)16-6-5-13-3-1-2-4-15(13)11-16/h1-11,18-19H,12H2,(H,23,26)(H,24,25)/t18-,19?/m0/s1. The zero-order chi connectivity index (χ0) is 18.8. The molecular formula is C21H17ClN2O3. The summed E-state index contributed by atoms with van der Waals surface area (Å²) in [6.07, 6.45) is -1.42. The zero-order valence-corrected chi connectivity index (χ0v) is 15.1. The second-order valence-corrected chi connectivity index (χ2v) is 6.81. The van der Waals surface area contributed by atoms with Crippen LogP contribution in [0.3, 0.4) is 0 Å². The molecule has 0 spiro atoms. The van der Waals surface area contributed by atoms with Crippen LogP contribution in [0.1, 0.15) is 17.2 Å². The summed E-state index contributed by atoms with van der Waals surface area (Å²) in [5.74, 6) is -0.346. The van der Waals surface area contributed by atoms with Crippen molar-refractivity contribution in [1.29, 1.82) is 0 Å². The number of benzene rings is 3. The van der Waals surface area contributed by atoms with Gasteiger partial charge in [0.25, 0.3) is 5.91 Å². The monoisotopic (exact) mass is 380 g/mol. The molecule has 3 aromatic rings. The molecule has 2 atom stereocenters. The minimum atomic E-state index is -0.840. The third-order valence-corrected chi connectivity index (χ3v) is 4.82. The van der Waals surface area contributed by atoms with Crippen LogP contribution in [0.25, 0.3) is 10.8 Å². The Labute approximate surface area is 161 Å². The summed E-state index contributed by atoms with van der Waals surface area (Å²) in [5, 5.41) is 8.32. The summed E-state index contributed by atoms with van der Waals surface area (Å²) in [6.45, 7) is 0.162. The molecule has 1 saturated heterocycles. The number of amides is 2. The molecule has 4 rings (SSSR count).